The van der Waals surface area contributed by atoms with Gasteiger partial charge in [0.2, 0.25) is 5.82 Å². The van der Waals surface area contributed by atoms with E-state index in [-0.39, 0.29) is 5.82 Å². The predicted molar refractivity (Wildman–Crippen MR) is 90.1 cm³/mol. The van der Waals surface area contributed by atoms with Gasteiger partial charge in [-0.25, -0.2) is 19.4 Å². The lowest BCUT2D eigenvalue weighted by molar-refractivity contribution is 0.0684. The molecule has 0 spiro atoms. The molecule has 2 heterocycles. The molecule has 3 aromatic rings. The lowest BCUT2D eigenvalue weighted by atomic mass is 9.96. The van der Waals surface area contributed by atoms with Crippen LogP contribution < -0.4 is 0 Å². The van der Waals surface area contributed by atoms with E-state index in [0.717, 1.165) is 36.0 Å². The highest BCUT2D eigenvalue weighted by Crippen LogP contribution is 2.32. The minimum absolute atomic E-state index is 0.232. The molecule has 0 aliphatic heterocycles. The molecule has 0 saturated heterocycles. The molecule has 6 heteroatoms. The van der Waals surface area contributed by atoms with Gasteiger partial charge >= 0.3 is 5.97 Å². The Bertz CT molecular complexity index is 944. The molecule has 1 N–H and O–H groups in total. The van der Waals surface area contributed by atoms with Gasteiger partial charge < -0.3 is 5.11 Å². The van der Waals surface area contributed by atoms with Crippen molar-refractivity contribution in [3.63, 3.8) is 0 Å². The second kappa shape index (κ2) is 5.88. The molecule has 0 atom stereocenters. The Morgan fingerprint density at radius 1 is 1.17 bits per heavy atom. The minimum Gasteiger partial charge on any atom is -0.475 e. The number of rotatable bonds is 3. The van der Waals surface area contributed by atoms with Crippen LogP contribution in [0.15, 0.2) is 42.6 Å². The number of para-hydroxylation sites is 1. The van der Waals surface area contributed by atoms with Gasteiger partial charge in [-0.2, -0.15) is 0 Å². The molecule has 1 aromatic carbocycles. The number of carbonyl (C=O) groups is 1. The maximum absolute atomic E-state index is 11.1. The van der Waals surface area contributed by atoms with Gasteiger partial charge in [-0.05, 0) is 43.4 Å². The van der Waals surface area contributed by atoms with Gasteiger partial charge in [-0.1, -0.05) is 24.3 Å². The van der Waals surface area contributed by atoms with E-state index in [1.54, 1.807) is 6.20 Å². The third kappa shape index (κ3) is 2.46. The molecule has 0 amide bonds. The minimum atomic E-state index is -1.15. The molecular weight excluding hydrogens is 304 g/mol. The summed E-state index contributed by atoms with van der Waals surface area (Å²) in [5.41, 5.74) is 3.52. The molecule has 4 rings (SSSR count). The van der Waals surface area contributed by atoms with Crippen LogP contribution in [0.4, 0.5) is 0 Å². The molecule has 1 aliphatic rings. The first kappa shape index (κ1) is 14.6. The summed E-state index contributed by atoms with van der Waals surface area (Å²) >= 11 is 0. The Labute approximate surface area is 138 Å². The van der Waals surface area contributed by atoms with Crippen LogP contribution in [0.3, 0.4) is 0 Å². The van der Waals surface area contributed by atoms with Gasteiger partial charge in [0.15, 0.2) is 5.65 Å². The highest BCUT2D eigenvalue weighted by atomic mass is 16.4. The summed E-state index contributed by atoms with van der Waals surface area (Å²) in [4.78, 5) is 19.2. The summed E-state index contributed by atoms with van der Waals surface area (Å²) in [6.07, 6.45) is 8.18. The van der Waals surface area contributed by atoms with E-state index in [1.165, 1.54) is 12.0 Å². The van der Waals surface area contributed by atoms with Gasteiger partial charge in [0.05, 0.1) is 16.8 Å². The highest BCUT2D eigenvalue weighted by Gasteiger charge is 2.20. The average molecular weight is 320 g/mol. The number of fused-ring (bicyclic) bond motifs is 1. The number of carboxylic acids is 1. The van der Waals surface area contributed by atoms with Crippen molar-refractivity contribution in [1.82, 2.24) is 19.7 Å². The van der Waals surface area contributed by atoms with E-state index in [9.17, 15) is 4.79 Å². The fourth-order valence-corrected chi connectivity index (χ4v) is 3.10. The van der Waals surface area contributed by atoms with Crippen LogP contribution in [0, 0.1) is 0 Å². The first-order valence-corrected chi connectivity index (χ1v) is 7.98. The molecular formula is C18H16N4O2. The number of aromatic carboxylic acids is 1. The summed E-state index contributed by atoms with van der Waals surface area (Å²) in [7, 11) is 0. The Morgan fingerprint density at radius 2 is 2.00 bits per heavy atom. The zero-order valence-corrected chi connectivity index (χ0v) is 13.0. The van der Waals surface area contributed by atoms with Gasteiger partial charge in [0.1, 0.15) is 0 Å². The number of aromatic nitrogens is 4. The largest absolute Gasteiger partial charge is 0.475 e. The van der Waals surface area contributed by atoms with Crippen molar-refractivity contribution in [3.05, 3.63) is 54.1 Å². The molecule has 1 aliphatic carbocycles. The van der Waals surface area contributed by atoms with Crippen molar-refractivity contribution in [2.24, 2.45) is 0 Å². The zero-order valence-electron chi connectivity index (χ0n) is 13.0. The summed E-state index contributed by atoms with van der Waals surface area (Å²) in [5.74, 6) is -1.38. The number of allylic oxidation sites excluding steroid dienone is 2. The van der Waals surface area contributed by atoms with Gasteiger partial charge in [-0.3, -0.25) is 0 Å². The first-order valence-electron chi connectivity index (χ1n) is 7.98. The van der Waals surface area contributed by atoms with Crippen LogP contribution >= 0.6 is 0 Å². The molecule has 0 saturated carbocycles. The van der Waals surface area contributed by atoms with Crippen LogP contribution in [-0.2, 0) is 0 Å². The van der Waals surface area contributed by atoms with E-state index in [1.807, 2.05) is 35.0 Å². The molecule has 0 unspecified atom stereocenters. The van der Waals surface area contributed by atoms with Gasteiger partial charge in [0, 0.05) is 6.20 Å². The van der Waals surface area contributed by atoms with Crippen molar-refractivity contribution in [2.45, 2.75) is 25.7 Å². The number of hydrogen-bond acceptors (Lipinski definition) is 4. The lowest BCUT2D eigenvalue weighted by Gasteiger charge is -2.15. The SMILES string of the molecule is O=C(O)c1ncc2c(C3=CCCCC3)n(-c3ccccc3)nc2n1. The van der Waals surface area contributed by atoms with Crippen molar-refractivity contribution in [2.75, 3.05) is 0 Å². The predicted octanol–water partition coefficient (Wildman–Crippen LogP) is 3.47. The monoisotopic (exact) mass is 320 g/mol. The zero-order chi connectivity index (χ0) is 16.5. The Balaban J connectivity index is 1.98. The van der Waals surface area contributed by atoms with Crippen LogP contribution in [0.1, 0.15) is 42.0 Å². The lowest BCUT2D eigenvalue weighted by Crippen LogP contribution is -2.03. The second-order valence-electron chi connectivity index (χ2n) is 5.81. The fraction of sp³-hybridized carbons (Fsp3) is 0.222. The molecule has 0 fully saturated rings. The van der Waals surface area contributed by atoms with E-state index >= 15 is 0 Å². The van der Waals surface area contributed by atoms with Crippen LogP contribution in [0.5, 0.6) is 0 Å². The molecule has 24 heavy (non-hydrogen) atoms. The number of benzene rings is 1. The van der Waals surface area contributed by atoms with Gasteiger partial charge in [0.25, 0.3) is 0 Å². The fourth-order valence-electron chi connectivity index (χ4n) is 3.10. The van der Waals surface area contributed by atoms with Crippen molar-refractivity contribution >= 4 is 22.6 Å². The van der Waals surface area contributed by atoms with E-state index in [2.05, 4.69) is 21.1 Å². The third-order valence-corrected chi connectivity index (χ3v) is 4.22. The smallest absolute Gasteiger partial charge is 0.374 e. The molecule has 120 valence electrons. The number of carboxylic acid groups (broad SMARTS) is 1. The maximum atomic E-state index is 11.1. The third-order valence-electron chi connectivity index (χ3n) is 4.22. The molecule has 0 radical (unpaired) electrons. The quantitative estimate of drug-likeness (QED) is 0.799. The van der Waals surface area contributed by atoms with Crippen molar-refractivity contribution < 1.29 is 9.90 Å². The van der Waals surface area contributed by atoms with Crippen LogP contribution in [0.25, 0.3) is 22.3 Å². The van der Waals surface area contributed by atoms with Crippen LogP contribution in [0.2, 0.25) is 0 Å². The Hall–Kier alpha value is -3.02. The van der Waals surface area contributed by atoms with E-state index < -0.39 is 5.97 Å². The average Bonchev–Trinajstić information content (AvgIpc) is 3.01. The summed E-state index contributed by atoms with van der Waals surface area (Å²) in [6.45, 7) is 0. The second-order valence-corrected chi connectivity index (χ2v) is 5.81. The molecule has 0 bridgehead atoms. The normalized spacial score (nSPS) is 14.6. The standard InChI is InChI=1S/C18H16N4O2/c23-18(24)17-19-11-14-15(12-7-3-1-4-8-12)22(21-16(14)20-17)13-9-5-2-6-10-13/h2,5-7,9-11H,1,3-4,8H2,(H,23,24). The Kier molecular flexibility index (Phi) is 3.57. The highest BCUT2D eigenvalue weighted by molar-refractivity contribution is 5.91. The summed E-state index contributed by atoms with van der Waals surface area (Å²) < 4.78 is 1.85. The summed E-state index contributed by atoms with van der Waals surface area (Å²) in [5, 5.41) is 14.5. The Morgan fingerprint density at radius 3 is 2.71 bits per heavy atom. The van der Waals surface area contributed by atoms with E-state index in [0.29, 0.717) is 5.65 Å². The molecule has 6 nitrogen and oxygen atoms in total. The van der Waals surface area contributed by atoms with Crippen LogP contribution in [-0.4, -0.2) is 30.8 Å². The summed E-state index contributed by atoms with van der Waals surface area (Å²) in [6, 6.07) is 9.81. The number of nitrogens with zero attached hydrogens (tertiary/aromatic N) is 4. The van der Waals surface area contributed by atoms with Gasteiger partial charge in [-0.15, -0.1) is 5.10 Å². The van der Waals surface area contributed by atoms with Crippen molar-refractivity contribution in [3.8, 4) is 5.69 Å². The molecule has 2 aromatic heterocycles. The topological polar surface area (TPSA) is 80.9 Å². The first-order chi connectivity index (χ1) is 11.7. The maximum Gasteiger partial charge on any atom is 0.374 e. The van der Waals surface area contributed by atoms with E-state index in [4.69, 9.17) is 5.11 Å². The van der Waals surface area contributed by atoms with Crippen molar-refractivity contribution in [1.29, 1.82) is 0 Å². The number of hydrogen-bond donors (Lipinski definition) is 1.